The number of nitrogens with one attached hydrogen (secondary N) is 2. The number of carbonyl (C=O) groups excluding carboxylic acids is 1. The number of rotatable bonds is 10. The van der Waals surface area contributed by atoms with E-state index in [4.69, 9.17) is 14.2 Å². The molecule has 0 aliphatic carbocycles. The Labute approximate surface area is 190 Å². The highest BCUT2D eigenvalue weighted by Crippen LogP contribution is 2.27. The zero-order valence-corrected chi connectivity index (χ0v) is 19.0. The summed E-state index contributed by atoms with van der Waals surface area (Å²) in [6.45, 7) is 0.477. The molecule has 168 valence electrons. The molecule has 2 aromatic carbocycles. The average Bonchev–Trinajstić information content (AvgIpc) is 2.82. The molecule has 0 aliphatic heterocycles. The molecule has 8 nitrogen and oxygen atoms in total. The minimum absolute atomic E-state index is 0.140. The summed E-state index contributed by atoms with van der Waals surface area (Å²) >= 11 is 1.18. The molecule has 0 saturated heterocycles. The maximum absolute atomic E-state index is 12.2. The van der Waals surface area contributed by atoms with Crippen molar-refractivity contribution in [2.45, 2.75) is 11.6 Å². The number of aromatic nitrogens is 2. The van der Waals surface area contributed by atoms with Crippen molar-refractivity contribution in [1.29, 1.82) is 0 Å². The fourth-order valence-electron chi connectivity index (χ4n) is 2.98. The first kappa shape index (κ1) is 23.2. The van der Waals surface area contributed by atoms with Crippen LogP contribution >= 0.6 is 11.8 Å². The fourth-order valence-corrected chi connectivity index (χ4v) is 3.69. The topological polar surface area (TPSA) is 103 Å². The van der Waals surface area contributed by atoms with Crippen LogP contribution in [0, 0.1) is 0 Å². The summed E-state index contributed by atoms with van der Waals surface area (Å²) < 4.78 is 15.7. The molecule has 0 radical (unpaired) electrons. The summed E-state index contributed by atoms with van der Waals surface area (Å²) in [6.07, 6.45) is 0.652. The van der Waals surface area contributed by atoms with Crippen LogP contribution in [0.3, 0.4) is 0 Å². The summed E-state index contributed by atoms with van der Waals surface area (Å²) in [5.41, 5.74) is 2.07. The molecule has 2 N–H and O–H groups in total. The predicted octanol–water partition coefficient (Wildman–Crippen LogP) is 2.91. The first-order valence-electron chi connectivity index (χ1n) is 9.88. The smallest absolute Gasteiger partial charge is 0.252 e. The number of amides is 1. The van der Waals surface area contributed by atoms with Gasteiger partial charge >= 0.3 is 0 Å². The van der Waals surface area contributed by atoms with E-state index < -0.39 is 0 Å². The van der Waals surface area contributed by atoms with Crippen molar-refractivity contribution in [2.24, 2.45) is 0 Å². The molecule has 0 bridgehead atoms. The second-order valence-corrected chi connectivity index (χ2v) is 7.71. The van der Waals surface area contributed by atoms with E-state index in [1.54, 1.807) is 33.5 Å². The molecular weight excluding hydrogens is 430 g/mol. The lowest BCUT2D eigenvalue weighted by molar-refractivity contribution is -0.118. The van der Waals surface area contributed by atoms with Crippen molar-refractivity contribution in [3.8, 4) is 28.5 Å². The molecule has 0 unspecified atom stereocenters. The van der Waals surface area contributed by atoms with Gasteiger partial charge < -0.3 is 24.5 Å². The third-order valence-corrected chi connectivity index (χ3v) is 5.50. The highest BCUT2D eigenvalue weighted by atomic mass is 32.2. The van der Waals surface area contributed by atoms with Gasteiger partial charge in [-0.3, -0.25) is 9.59 Å². The van der Waals surface area contributed by atoms with E-state index in [0.29, 0.717) is 35.3 Å². The number of ether oxygens (including phenoxy) is 3. The Kier molecular flexibility index (Phi) is 8.15. The maximum Gasteiger partial charge on any atom is 0.252 e. The summed E-state index contributed by atoms with van der Waals surface area (Å²) in [4.78, 5) is 31.4. The molecule has 1 heterocycles. The van der Waals surface area contributed by atoms with Crippen molar-refractivity contribution in [3.63, 3.8) is 0 Å². The van der Waals surface area contributed by atoms with Gasteiger partial charge in [0.1, 0.15) is 5.75 Å². The number of hydrogen-bond acceptors (Lipinski definition) is 7. The number of benzene rings is 2. The minimum Gasteiger partial charge on any atom is -0.497 e. The number of aromatic amines is 1. The van der Waals surface area contributed by atoms with Gasteiger partial charge in [0.15, 0.2) is 16.7 Å². The Morgan fingerprint density at radius 1 is 1.00 bits per heavy atom. The Balaban J connectivity index is 1.53. The van der Waals surface area contributed by atoms with Crippen molar-refractivity contribution in [3.05, 3.63) is 64.4 Å². The third kappa shape index (κ3) is 6.27. The van der Waals surface area contributed by atoms with Crippen molar-refractivity contribution >= 4 is 17.7 Å². The molecule has 3 aromatic rings. The normalized spacial score (nSPS) is 10.5. The zero-order chi connectivity index (χ0) is 22.9. The van der Waals surface area contributed by atoms with Crippen molar-refractivity contribution in [1.82, 2.24) is 15.3 Å². The molecule has 9 heteroatoms. The van der Waals surface area contributed by atoms with E-state index in [1.807, 2.05) is 30.3 Å². The summed E-state index contributed by atoms with van der Waals surface area (Å²) in [5, 5.41) is 3.26. The highest BCUT2D eigenvalue weighted by molar-refractivity contribution is 7.99. The van der Waals surface area contributed by atoms with Gasteiger partial charge in [-0.25, -0.2) is 4.98 Å². The Morgan fingerprint density at radius 2 is 1.75 bits per heavy atom. The molecule has 0 spiro atoms. The van der Waals surface area contributed by atoms with Gasteiger partial charge in [0.2, 0.25) is 5.91 Å². The number of H-pyrrole nitrogens is 1. The monoisotopic (exact) mass is 455 g/mol. The third-order valence-electron chi connectivity index (χ3n) is 4.63. The van der Waals surface area contributed by atoms with Crippen molar-refractivity contribution < 1.29 is 19.0 Å². The lowest BCUT2D eigenvalue weighted by Crippen LogP contribution is -2.27. The Hall–Kier alpha value is -3.46. The first-order chi connectivity index (χ1) is 15.5. The van der Waals surface area contributed by atoms with Crippen LogP contribution in [0.2, 0.25) is 0 Å². The SMILES string of the molecule is COc1ccc(-c2cc(=O)[nH]c(SCC(=O)NCCc3ccc(OC)c(OC)c3)n2)cc1. The molecule has 32 heavy (non-hydrogen) atoms. The van der Waals surface area contributed by atoms with Gasteiger partial charge in [-0.2, -0.15) is 0 Å². The number of hydrogen-bond donors (Lipinski definition) is 2. The molecule has 1 amide bonds. The van der Waals surface area contributed by atoms with Gasteiger partial charge in [0.25, 0.3) is 5.56 Å². The van der Waals surface area contributed by atoms with Crippen LogP contribution < -0.4 is 25.1 Å². The fraction of sp³-hybridized carbons (Fsp3) is 0.261. The maximum atomic E-state index is 12.2. The molecule has 3 rings (SSSR count). The molecule has 0 aliphatic rings. The van der Waals surface area contributed by atoms with Crippen LogP contribution in [0.1, 0.15) is 5.56 Å². The molecule has 0 saturated carbocycles. The second kappa shape index (κ2) is 11.2. The van der Waals surface area contributed by atoms with Crippen LogP contribution in [-0.2, 0) is 11.2 Å². The van der Waals surface area contributed by atoms with Gasteiger partial charge in [0.05, 0.1) is 32.8 Å². The summed E-state index contributed by atoms with van der Waals surface area (Å²) in [6, 6.07) is 14.3. The molecule has 1 aromatic heterocycles. The largest absolute Gasteiger partial charge is 0.497 e. The van der Waals surface area contributed by atoms with E-state index >= 15 is 0 Å². The summed E-state index contributed by atoms with van der Waals surface area (Å²) in [7, 11) is 4.76. The van der Waals surface area contributed by atoms with Gasteiger partial charge in [0, 0.05) is 18.2 Å². The van der Waals surface area contributed by atoms with Crippen LogP contribution in [-0.4, -0.2) is 49.5 Å². The van der Waals surface area contributed by atoms with E-state index in [9.17, 15) is 9.59 Å². The van der Waals surface area contributed by atoms with E-state index in [1.165, 1.54) is 17.8 Å². The number of methoxy groups -OCH3 is 3. The van der Waals surface area contributed by atoms with Crippen LogP contribution in [0.4, 0.5) is 0 Å². The van der Waals surface area contributed by atoms with Crippen LogP contribution in [0.5, 0.6) is 17.2 Å². The van der Waals surface area contributed by atoms with Gasteiger partial charge in [-0.1, -0.05) is 17.8 Å². The van der Waals surface area contributed by atoms with E-state index in [-0.39, 0.29) is 17.2 Å². The number of carbonyl (C=O) groups is 1. The molecular formula is C23H25N3O5S. The van der Waals surface area contributed by atoms with E-state index in [0.717, 1.165) is 16.9 Å². The zero-order valence-electron chi connectivity index (χ0n) is 18.1. The Bertz CT molecular complexity index is 1120. The predicted molar refractivity (Wildman–Crippen MR) is 124 cm³/mol. The first-order valence-corrected chi connectivity index (χ1v) is 10.9. The molecule has 0 atom stereocenters. The highest BCUT2D eigenvalue weighted by Gasteiger charge is 2.09. The number of thioether (sulfide) groups is 1. The lowest BCUT2D eigenvalue weighted by Gasteiger charge is -2.10. The van der Waals surface area contributed by atoms with Crippen LogP contribution in [0.25, 0.3) is 11.3 Å². The number of nitrogens with zero attached hydrogens (tertiary/aromatic N) is 1. The van der Waals surface area contributed by atoms with Crippen molar-refractivity contribution in [2.75, 3.05) is 33.6 Å². The summed E-state index contributed by atoms with van der Waals surface area (Å²) in [5.74, 6) is 2.03. The van der Waals surface area contributed by atoms with Gasteiger partial charge in [-0.05, 0) is 48.4 Å². The molecule has 0 fully saturated rings. The van der Waals surface area contributed by atoms with Gasteiger partial charge in [-0.15, -0.1) is 0 Å². The quantitative estimate of drug-likeness (QED) is 0.358. The van der Waals surface area contributed by atoms with E-state index in [2.05, 4.69) is 15.3 Å². The minimum atomic E-state index is -0.276. The van der Waals surface area contributed by atoms with Crippen LogP contribution in [0.15, 0.2) is 58.5 Å². The Morgan fingerprint density at radius 3 is 2.44 bits per heavy atom. The average molecular weight is 456 g/mol. The lowest BCUT2D eigenvalue weighted by atomic mass is 10.1. The standard InChI is InChI=1S/C23H25N3O5S/c1-29-17-7-5-16(6-8-17)18-13-21(27)26-23(25-18)32-14-22(28)24-11-10-15-4-9-19(30-2)20(12-15)31-3/h4-9,12-13H,10-11,14H2,1-3H3,(H,24,28)(H,25,26,27). The second-order valence-electron chi connectivity index (χ2n) is 6.74.